The molecule has 0 N–H and O–H groups in total. The number of nitrogens with zero attached hydrogens (tertiary/aromatic N) is 3. The van der Waals surface area contributed by atoms with Crippen LogP contribution >= 0.6 is 23.2 Å². The van der Waals surface area contributed by atoms with Crippen LogP contribution in [0.3, 0.4) is 0 Å². The van der Waals surface area contributed by atoms with Crippen molar-refractivity contribution in [1.82, 2.24) is 9.97 Å². The standard InChI is InChI=1S/C11H11Cl2N3O/c1-3-7-4-8(17)16(5-7)9-6(2)14-11(13)15-10(9)12/h3,7H,1,4-5H2,2H3. The van der Waals surface area contributed by atoms with E-state index in [4.69, 9.17) is 23.2 Å². The Labute approximate surface area is 109 Å². The number of anilines is 1. The molecule has 0 spiro atoms. The van der Waals surface area contributed by atoms with Gasteiger partial charge in [-0.15, -0.1) is 6.58 Å². The highest BCUT2D eigenvalue weighted by Gasteiger charge is 2.31. The van der Waals surface area contributed by atoms with E-state index in [-0.39, 0.29) is 22.3 Å². The number of aromatic nitrogens is 2. The number of hydrogen-bond donors (Lipinski definition) is 0. The Morgan fingerprint density at radius 2 is 2.18 bits per heavy atom. The topological polar surface area (TPSA) is 46.1 Å². The third kappa shape index (κ3) is 2.28. The molecule has 0 aliphatic carbocycles. The molecular formula is C11H11Cl2N3O. The number of carbonyl (C=O) groups excluding carboxylic acids is 1. The van der Waals surface area contributed by atoms with E-state index < -0.39 is 0 Å². The summed E-state index contributed by atoms with van der Waals surface area (Å²) >= 11 is 11.7. The van der Waals surface area contributed by atoms with Gasteiger partial charge in [0.05, 0.1) is 5.69 Å². The first-order valence-electron chi connectivity index (χ1n) is 5.15. The molecule has 1 aromatic rings. The largest absolute Gasteiger partial charge is 0.307 e. The van der Waals surface area contributed by atoms with Gasteiger partial charge in [0.25, 0.3) is 0 Å². The molecule has 1 unspecified atom stereocenters. The minimum Gasteiger partial charge on any atom is -0.307 e. The third-order valence-corrected chi connectivity index (χ3v) is 3.18. The number of aryl methyl sites for hydroxylation is 1. The van der Waals surface area contributed by atoms with E-state index in [0.717, 1.165) is 0 Å². The van der Waals surface area contributed by atoms with Crippen molar-refractivity contribution in [2.75, 3.05) is 11.4 Å². The molecule has 1 fully saturated rings. The summed E-state index contributed by atoms with van der Waals surface area (Å²) in [5, 5.41) is 0.295. The summed E-state index contributed by atoms with van der Waals surface area (Å²) < 4.78 is 0. The Kier molecular flexibility index (Phi) is 3.35. The fourth-order valence-electron chi connectivity index (χ4n) is 1.92. The predicted molar refractivity (Wildman–Crippen MR) is 67.4 cm³/mol. The summed E-state index contributed by atoms with van der Waals surface area (Å²) in [5.41, 5.74) is 1.15. The van der Waals surface area contributed by atoms with Gasteiger partial charge in [0.2, 0.25) is 11.2 Å². The summed E-state index contributed by atoms with van der Waals surface area (Å²) in [5.74, 6) is 0.152. The molecular weight excluding hydrogens is 261 g/mol. The van der Waals surface area contributed by atoms with E-state index in [0.29, 0.717) is 24.3 Å². The quantitative estimate of drug-likeness (QED) is 0.472. The zero-order chi connectivity index (χ0) is 12.6. The van der Waals surface area contributed by atoms with E-state index in [1.807, 2.05) is 0 Å². The smallest absolute Gasteiger partial charge is 0.227 e. The maximum Gasteiger partial charge on any atom is 0.227 e. The summed E-state index contributed by atoms with van der Waals surface area (Å²) in [6.07, 6.45) is 2.22. The molecule has 1 saturated heterocycles. The van der Waals surface area contributed by atoms with Crippen LogP contribution in [0, 0.1) is 12.8 Å². The summed E-state index contributed by atoms with van der Waals surface area (Å²) in [7, 11) is 0. The van der Waals surface area contributed by atoms with Gasteiger partial charge in [-0.1, -0.05) is 17.7 Å². The second-order valence-corrected chi connectivity index (χ2v) is 4.62. The average molecular weight is 272 g/mol. The Hall–Kier alpha value is -1.13. The van der Waals surface area contributed by atoms with Gasteiger partial charge in [-0.3, -0.25) is 4.79 Å². The Morgan fingerprint density at radius 3 is 2.71 bits per heavy atom. The number of hydrogen-bond acceptors (Lipinski definition) is 3. The van der Waals surface area contributed by atoms with Crippen LogP contribution in [0.15, 0.2) is 12.7 Å². The first kappa shape index (κ1) is 12.3. The zero-order valence-electron chi connectivity index (χ0n) is 9.28. The zero-order valence-corrected chi connectivity index (χ0v) is 10.8. The minimum atomic E-state index is 0.00539. The molecule has 1 aliphatic heterocycles. The van der Waals surface area contributed by atoms with Gasteiger partial charge in [-0.05, 0) is 18.5 Å². The van der Waals surface area contributed by atoms with Gasteiger partial charge in [-0.2, -0.15) is 0 Å². The van der Waals surface area contributed by atoms with Crippen molar-refractivity contribution < 1.29 is 4.79 Å². The molecule has 2 heterocycles. The predicted octanol–water partition coefficient (Wildman–Crippen LogP) is 2.63. The number of amides is 1. The highest BCUT2D eigenvalue weighted by Crippen LogP contribution is 2.33. The lowest BCUT2D eigenvalue weighted by Crippen LogP contribution is -2.26. The van der Waals surface area contributed by atoms with Crippen molar-refractivity contribution >= 4 is 34.8 Å². The molecule has 1 aromatic heterocycles. The monoisotopic (exact) mass is 271 g/mol. The first-order chi connectivity index (χ1) is 8.02. The van der Waals surface area contributed by atoms with Crippen LogP contribution in [0.1, 0.15) is 12.1 Å². The lowest BCUT2D eigenvalue weighted by molar-refractivity contribution is -0.117. The van der Waals surface area contributed by atoms with E-state index >= 15 is 0 Å². The maximum atomic E-state index is 11.9. The number of carbonyl (C=O) groups is 1. The highest BCUT2D eigenvalue weighted by molar-refractivity contribution is 6.34. The van der Waals surface area contributed by atoms with Gasteiger partial charge in [-0.25, -0.2) is 9.97 Å². The molecule has 0 radical (unpaired) electrons. The van der Waals surface area contributed by atoms with Crippen LogP contribution < -0.4 is 4.90 Å². The van der Waals surface area contributed by atoms with Crippen LogP contribution in [-0.2, 0) is 4.79 Å². The van der Waals surface area contributed by atoms with Crippen LogP contribution in [0.25, 0.3) is 0 Å². The van der Waals surface area contributed by atoms with Crippen molar-refractivity contribution in [2.45, 2.75) is 13.3 Å². The van der Waals surface area contributed by atoms with E-state index in [1.165, 1.54) is 0 Å². The van der Waals surface area contributed by atoms with Crippen LogP contribution in [-0.4, -0.2) is 22.4 Å². The highest BCUT2D eigenvalue weighted by atomic mass is 35.5. The number of halogens is 2. The fourth-order valence-corrected chi connectivity index (χ4v) is 2.49. The van der Waals surface area contributed by atoms with Gasteiger partial charge in [0.15, 0.2) is 5.15 Å². The van der Waals surface area contributed by atoms with Crippen molar-refractivity contribution in [3.8, 4) is 0 Å². The molecule has 1 atom stereocenters. The van der Waals surface area contributed by atoms with Crippen LogP contribution in [0.2, 0.25) is 10.4 Å². The summed E-state index contributed by atoms with van der Waals surface area (Å²) in [6.45, 7) is 6.02. The lowest BCUT2D eigenvalue weighted by Gasteiger charge is -2.18. The molecule has 6 heteroatoms. The van der Waals surface area contributed by atoms with Gasteiger partial charge in [0.1, 0.15) is 5.69 Å². The SMILES string of the molecule is C=CC1CC(=O)N(c2c(C)nc(Cl)nc2Cl)C1. The molecule has 0 aromatic carbocycles. The molecule has 17 heavy (non-hydrogen) atoms. The van der Waals surface area contributed by atoms with Crippen molar-refractivity contribution in [1.29, 1.82) is 0 Å². The molecule has 0 bridgehead atoms. The normalized spacial score (nSPS) is 19.8. The second-order valence-electron chi connectivity index (χ2n) is 3.92. The van der Waals surface area contributed by atoms with E-state index in [1.54, 1.807) is 17.9 Å². The Morgan fingerprint density at radius 1 is 1.47 bits per heavy atom. The Balaban J connectivity index is 2.41. The van der Waals surface area contributed by atoms with Crippen LogP contribution in [0.4, 0.5) is 5.69 Å². The number of rotatable bonds is 2. The van der Waals surface area contributed by atoms with Crippen molar-refractivity contribution in [3.63, 3.8) is 0 Å². The first-order valence-corrected chi connectivity index (χ1v) is 5.91. The molecule has 4 nitrogen and oxygen atoms in total. The van der Waals surface area contributed by atoms with Crippen LogP contribution in [0.5, 0.6) is 0 Å². The third-order valence-electron chi connectivity index (χ3n) is 2.75. The molecule has 1 amide bonds. The second kappa shape index (κ2) is 4.63. The average Bonchev–Trinajstić information content (AvgIpc) is 2.59. The van der Waals surface area contributed by atoms with Crippen molar-refractivity contribution in [3.05, 3.63) is 28.8 Å². The Bertz CT molecular complexity index is 467. The lowest BCUT2D eigenvalue weighted by atomic mass is 10.1. The summed E-state index contributed by atoms with van der Waals surface area (Å²) in [6, 6.07) is 0. The van der Waals surface area contributed by atoms with E-state index in [9.17, 15) is 4.79 Å². The maximum absolute atomic E-state index is 11.9. The minimum absolute atomic E-state index is 0.00539. The molecule has 90 valence electrons. The molecule has 0 saturated carbocycles. The van der Waals surface area contributed by atoms with Crippen molar-refractivity contribution in [2.24, 2.45) is 5.92 Å². The van der Waals surface area contributed by atoms with Gasteiger partial charge >= 0.3 is 0 Å². The van der Waals surface area contributed by atoms with Gasteiger partial charge in [0, 0.05) is 18.9 Å². The fraction of sp³-hybridized carbons (Fsp3) is 0.364. The van der Waals surface area contributed by atoms with E-state index in [2.05, 4.69) is 16.5 Å². The van der Waals surface area contributed by atoms with Gasteiger partial charge < -0.3 is 4.90 Å². The summed E-state index contributed by atoms with van der Waals surface area (Å²) in [4.78, 5) is 21.3. The molecule has 2 rings (SSSR count). The molecule has 1 aliphatic rings.